The van der Waals surface area contributed by atoms with E-state index in [2.05, 4.69) is 0 Å². The Labute approximate surface area is 148 Å². The first-order chi connectivity index (χ1) is 11.9. The Hall–Kier alpha value is -1.72. The normalized spacial score (nSPS) is 11.5. The molecule has 0 bridgehead atoms. The Morgan fingerprint density at radius 2 is 1.76 bits per heavy atom. The maximum absolute atomic E-state index is 11.1. The molecule has 142 valence electrons. The van der Waals surface area contributed by atoms with Gasteiger partial charge in [0, 0.05) is 40.0 Å². The molecule has 9 nitrogen and oxygen atoms in total. The van der Waals surface area contributed by atoms with E-state index in [1.807, 2.05) is 0 Å². The largest absolute Gasteiger partial charge is 0.500 e. The number of unbranched alkanes of at least 4 members (excludes halogenated alkanes) is 1. The number of nitro benzene ring substituents is 1. The van der Waals surface area contributed by atoms with Crippen molar-refractivity contribution in [2.24, 2.45) is 0 Å². The molecule has 0 amide bonds. The molecular weight excluding hydrogens is 348 g/mol. The van der Waals surface area contributed by atoms with Crippen LogP contribution in [0, 0.1) is 10.1 Å². The molecule has 0 aliphatic rings. The Bertz CT molecular complexity index is 559. The standard InChI is InChI=1S/C15H26N2O7Si/c1-20-15-9-12(14(17(18)19)10-13(15)16)11-24-7-5-6-8-25(21-2,22-3)23-4/h9-10H,5-8,11,16H2,1-4H3. The molecular formula is C15H26N2O7Si. The second-order valence-corrected chi connectivity index (χ2v) is 8.38. The van der Waals surface area contributed by atoms with Crippen molar-refractivity contribution in [3.05, 3.63) is 27.8 Å². The number of anilines is 1. The van der Waals surface area contributed by atoms with Gasteiger partial charge < -0.3 is 28.5 Å². The van der Waals surface area contributed by atoms with Crippen LogP contribution in [0.1, 0.15) is 18.4 Å². The number of ether oxygens (including phenoxy) is 2. The first kappa shape index (κ1) is 21.3. The number of nitrogens with zero attached hydrogens (tertiary/aromatic N) is 1. The van der Waals surface area contributed by atoms with E-state index in [0.717, 1.165) is 12.8 Å². The molecule has 1 rings (SSSR count). The van der Waals surface area contributed by atoms with Gasteiger partial charge in [-0.3, -0.25) is 10.1 Å². The zero-order chi connectivity index (χ0) is 18.9. The lowest BCUT2D eigenvalue weighted by Crippen LogP contribution is -2.42. The number of hydrogen-bond acceptors (Lipinski definition) is 8. The second kappa shape index (κ2) is 10.3. The van der Waals surface area contributed by atoms with Crippen LogP contribution < -0.4 is 10.5 Å². The van der Waals surface area contributed by atoms with Gasteiger partial charge in [-0.15, -0.1) is 0 Å². The van der Waals surface area contributed by atoms with E-state index in [-0.39, 0.29) is 18.0 Å². The summed E-state index contributed by atoms with van der Waals surface area (Å²) >= 11 is 0. The van der Waals surface area contributed by atoms with Gasteiger partial charge in [0.1, 0.15) is 5.75 Å². The minimum Gasteiger partial charge on any atom is -0.495 e. The highest BCUT2D eigenvalue weighted by molar-refractivity contribution is 6.60. The average molecular weight is 374 g/mol. The zero-order valence-corrected chi connectivity index (χ0v) is 16.1. The molecule has 1 aromatic carbocycles. The number of nitrogens with two attached hydrogens (primary N) is 1. The molecule has 0 saturated carbocycles. The van der Waals surface area contributed by atoms with E-state index in [1.165, 1.54) is 19.2 Å². The van der Waals surface area contributed by atoms with Gasteiger partial charge in [-0.2, -0.15) is 0 Å². The molecule has 0 aromatic heterocycles. The van der Waals surface area contributed by atoms with Crippen molar-refractivity contribution in [2.45, 2.75) is 25.5 Å². The lowest BCUT2D eigenvalue weighted by molar-refractivity contribution is -0.385. The Balaban J connectivity index is 2.52. The quantitative estimate of drug-likeness (QED) is 0.195. The van der Waals surface area contributed by atoms with Crippen LogP contribution in [0.25, 0.3) is 0 Å². The summed E-state index contributed by atoms with van der Waals surface area (Å²) in [6, 6.07) is 3.50. The monoisotopic (exact) mass is 374 g/mol. The van der Waals surface area contributed by atoms with Crippen LogP contribution in [0.5, 0.6) is 5.75 Å². The van der Waals surface area contributed by atoms with E-state index in [1.54, 1.807) is 21.3 Å². The van der Waals surface area contributed by atoms with Crippen molar-refractivity contribution < 1.29 is 27.7 Å². The summed E-state index contributed by atoms with van der Waals surface area (Å²) < 4.78 is 26.7. The van der Waals surface area contributed by atoms with Gasteiger partial charge in [-0.1, -0.05) is 0 Å². The summed E-state index contributed by atoms with van der Waals surface area (Å²) in [7, 11) is 3.62. The number of rotatable bonds is 12. The Morgan fingerprint density at radius 1 is 1.12 bits per heavy atom. The van der Waals surface area contributed by atoms with E-state index >= 15 is 0 Å². The fraction of sp³-hybridized carbons (Fsp3) is 0.600. The predicted octanol–water partition coefficient (Wildman–Crippen LogP) is 2.36. The van der Waals surface area contributed by atoms with Crippen LogP contribution in [-0.2, 0) is 24.6 Å². The van der Waals surface area contributed by atoms with Gasteiger partial charge in [-0.25, -0.2) is 0 Å². The van der Waals surface area contributed by atoms with E-state index in [9.17, 15) is 10.1 Å². The molecule has 0 fully saturated rings. The highest BCUT2D eigenvalue weighted by atomic mass is 28.4. The van der Waals surface area contributed by atoms with Crippen molar-refractivity contribution >= 4 is 20.2 Å². The number of benzene rings is 1. The highest BCUT2D eigenvalue weighted by Gasteiger charge is 2.36. The van der Waals surface area contributed by atoms with Crippen molar-refractivity contribution in [1.82, 2.24) is 0 Å². The summed E-state index contributed by atoms with van der Waals surface area (Å²) in [6.07, 6.45) is 1.56. The van der Waals surface area contributed by atoms with E-state index < -0.39 is 13.7 Å². The summed E-state index contributed by atoms with van der Waals surface area (Å²) in [5.74, 6) is 0.389. The molecule has 0 heterocycles. The van der Waals surface area contributed by atoms with Crippen LogP contribution >= 0.6 is 0 Å². The second-order valence-electron chi connectivity index (χ2n) is 5.29. The molecule has 0 spiro atoms. The smallest absolute Gasteiger partial charge is 0.495 e. The molecule has 0 aliphatic carbocycles. The number of nitrogen functional groups attached to an aromatic ring is 1. The first-order valence-electron chi connectivity index (χ1n) is 7.77. The predicted molar refractivity (Wildman–Crippen MR) is 94.5 cm³/mol. The topological polar surface area (TPSA) is 115 Å². The zero-order valence-electron chi connectivity index (χ0n) is 15.1. The van der Waals surface area contributed by atoms with Crippen LogP contribution in [-0.4, -0.2) is 48.8 Å². The maximum Gasteiger partial charge on any atom is 0.500 e. The van der Waals surface area contributed by atoms with E-state index in [0.29, 0.717) is 24.0 Å². The van der Waals surface area contributed by atoms with Crippen molar-refractivity contribution in [3.8, 4) is 5.75 Å². The Morgan fingerprint density at radius 3 is 2.28 bits per heavy atom. The summed E-state index contributed by atoms with van der Waals surface area (Å²) in [6.45, 7) is 0.555. The van der Waals surface area contributed by atoms with Crippen LogP contribution in [0.15, 0.2) is 12.1 Å². The van der Waals surface area contributed by atoms with Crippen LogP contribution in [0.4, 0.5) is 11.4 Å². The molecule has 0 aliphatic heterocycles. The molecule has 2 N–H and O–H groups in total. The average Bonchev–Trinajstić information content (AvgIpc) is 2.62. The third-order valence-corrected chi connectivity index (χ3v) is 6.67. The number of methoxy groups -OCH3 is 1. The highest BCUT2D eigenvalue weighted by Crippen LogP contribution is 2.31. The molecule has 1 aromatic rings. The fourth-order valence-electron chi connectivity index (χ4n) is 2.37. The molecule has 0 atom stereocenters. The lowest BCUT2D eigenvalue weighted by Gasteiger charge is -2.24. The van der Waals surface area contributed by atoms with Gasteiger partial charge in [0.2, 0.25) is 0 Å². The van der Waals surface area contributed by atoms with Gasteiger partial charge >= 0.3 is 8.80 Å². The summed E-state index contributed by atoms with van der Waals surface area (Å²) in [5, 5.41) is 11.1. The molecule has 25 heavy (non-hydrogen) atoms. The number of hydrogen-bond donors (Lipinski definition) is 1. The molecule has 0 unspecified atom stereocenters. The van der Waals surface area contributed by atoms with Crippen LogP contribution in [0.3, 0.4) is 0 Å². The third kappa shape index (κ3) is 5.94. The van der Waals surface area contributed by atoms with Crippen molar-refractivity contribution in [2.75, 3.05) is 40.8 Å². The summed E-state index contributed by atoms with van der Waals surface area (Å²) in [4.78, 5) is 10.7. The van der Waals surface area contributed by atoms with E-state index in [4.69, 9.17) is 28.5 Å². The minimum atomic E-state index is -2.56. The van der Waals surface area contributed by atoms with Gasteiger partial charge in [0.05, 0.1) is 29.9 Å². The van der Waals surface area contributed by atoms with Crippen LogP contribution in [0.2, 0.25) is 6.04 Å². The van der Waals surface area contributed by atoms with Crippen molar-refractivity contribution in [3.63, 3.8) is 0 Å². The number of nitro groups is 1. The third-order valence-electron chi connectivity index (χ3n) is 3.84. The minimum absolute atomic E-state index is 0.0807. The van der Waals surface area contributed by atoms with Gasteiger partial charge in [0.25, 0.3) is 5.69 Å². The first-order valence-corrected chi connectivity index (χ1v) is 9.70. The molecule has 0 radical (unpaired) electrons. The Kier molecular flexibility index (Phi) is 8.79. The molecule has 10 heteroatoms. The summed E-state index contributed by atoms with van der Waals surface area (Å²) in [5.41, 5.74) is 6.27. The van der Waals surface area contributed by atoms with Gasteiger partial charge in [-0.05, 0) is 18.9 Å². The fourth-order valence-corrected chi connectivity index (χ4v) is 4.17. The SMILES string of the molecule is COc1cc(COCCCC[Si](OC)(OC)OC)c([N+](=O)[O-])cc1N. The van der Waals surface area contributed by atoms with Gasteiger partial charge in [0.15, 0.2) is 0 Å². The van der Waals surface area contributed by atoms with Crippen molar-refractivity contribution in [1.29, 1.82) is 0 Å². The maximum atomic E-state index is 11.1. The lowest BCUT2D eigenvalue weighted by atomic mass is 10.1. The molecule has 0 saturated heterocycles.